The summed E-state index contributed by atoms with van der Waals surface area (Å²) in [5.74, 6) is -1.30. The van der Waals surface area contributed by atoms with E-state index in [2.05, 4.69) is 11.7 Å². The summed E-state index contributed by atoms with van der Waals surface area (Å²) in [4.78, 5) is 26.3. The number of amides is 1. The van der Waals surface area contributed by atoms with Gasteiger partial charge < -0.3 is 14.7 Å². The number of hydrogen-bond donors (Lipinski definition) is 1. The van der Waals surface area contributed by atoms with Gasteiger partial charge >= 0.3 is 5.97 Å². The summed E-state index contributed by atoms with van der Waals surface area (Å²) in [7, 11) is 1.82. The lowest BCUT2D eigenvalue weighted by Crippen LogP contribution is -2.61. The first kappa shape index (κ1) is 16.4. The van der Waals surface area contributed by atoms with Crippen LogP contribution < -0.4 is 0 Å². The Bertz CT molecular complexity index is 728. The van der Waals surface area contributed by atoms with E-state index >= 15 is 0 Å². The van der Waals surface area contributed by atoms with Crippen LogP contribution in [-0.2, 0) is 21.4 Å². The zero-order valence-electron chi connectivity index (χ0n) is 14.0. The summed E-state index contributed by atoms with van der Waals surface area (Å²) in [6.07, 6.45) is 1.21. The summed E-state index contributed by atoms with van der Waals surface area (Å²) in [6, 6.07) is 1.66. The van der Waals surface area contributed by atoms with Gasteiger partial charge in [0.2, 0.25) is 5.91 Å². The molecule has 2 aliphatic heterocycles. The topological polar surface area (TPSA) is 84.7 Å². The highest BCUT2D eigenvalue weighted by atomic mass is 16.5. The van der Waals surface area contributed by atoms with Crippen molar-refractivity contribution in [2.75, 3.05) is 6.61 Å². The zero-order valence-corrected chi connectivity index (χ0v) is 14.0. The summed E-state index contributed by atoms with van der Waals surface area (Å²) >= 11 is 0. The maximum atomic E-state index is 12.5. The minimum Gasteiger partial charge on any atom is -0.457 e. The fourth-order valence-corrected chi connectivity index (χ4v) is 3.40. The summed E-state index contributed by atoms with van der Waals surface area (Å²) in [5.41, 5.74) is 2.53. The van der Waals surface area contributed by atoms with E-state index in [1.165, 1.54) is 11.0 Å². The van der Waals surface area contributed by atoms with Gasteiger partial charge in [-0.2, -0.15) is 5.10 Å². The molecular formula is C17H21N3O4. The largest absolute Gasteiger partial charge is 0.457 e. The molecule has 1 amide bonds. The molecule has 3 rings (SSSR count). The maximum absolute atomic E-state index is 12.5. The van der Waals surface area contributed by atoms with Crippen molar-refractivity contribution in [3.8, 4) is 0 Å². The van der Waals surface area contributed by atoms with E-state index in [0.717, 1.165) is 5.69 Å². The normalized spacial score (nSPS) is 23.8. The number of hydrogen-bond acceptors (Lipinski definition) is 5. The van der Waals surface area contributed by atoms with Crippen molar-refractivity contribution >= 4 is 17.4 Å². The Balaban J connectivity index is 2.01. The quantitative estimate of drug-likeness (QED) is 0.490. The molecule has 0 radical (unpaired) electrons. The molecule has 7 nitrogen and oxygen atoms in total. The predicted molar refractivity (Wildman–Crippen MR) is 86.4 cm³/mol. The number of aliphatic hydroxyl groups excluding tert-OH is 1. The van der Waals surface area contributed by atoms with Crippen molar-refractivity contribution in [1.29, 1.82) is 0 Å². The van der Waals surface area contributed by atoms with Gasteiger partial charge in [-0.3, -0.25) is 9.48 Å². The first-order valence-electron chi connectivity index (χ1n) is 7.90. The molecule has 1 N–H and O–H groups in total. The van der Waals surface area contributed by atoms with Gasteiger partial charge in [0.15, 0.2) is 0 Å². The number of aliphatic hydroxyl groups is 1. The number of aryl methyl sites for hydroxylation is 2. The van der Waals surface area contributed by atoms with Crippen LogP contribution in [-0.4, -0.2) is 50.4 Å². The molecule has 3 atom stereocenters. The van der Waals surface area contributed by atoms with E-state index in [1.54, 1.807) is 11.6 Å². The summed E-state index contributed by atoms with van der Waals surface area (Å²) < 4.78 is 6.88. The number of β-lactam (4-membered cyclic amide) rings is 1. The van der Waals surface area contributed by atoms with E-state index < -0.39 is 18.0 Å². The standard InChI is InChI=1S/C17H21N3O4/c1-5-6-24-17(23)15-11(12-7-9(2)19(4)18-12)8-13-14(10(3)21)16(22)20(13)15/h5,7,10,13-14,21H,1,6,8H2,2-4H3/t10-,13-,14-/m1/s1. The first-order valence-corrected chi connectivity index (χ1v) is 7.90. The number of aromatic nitrogens is 2. The number of carbonyl (C=O) groups is 2. The Kier molecular flexibility index (Phi) is 4.04. The molecule has 1 aromatic heterocycles. The molecule has 0 saturated carbocycles. The molecule has 1 fully saturated rings. The maximum Gasteiger partial charge on any atom is 0.355 e. The number of ether oxygens (including phenoxy) is 1. The Labute approximate surface area is 140 Å². The van der Waals surface area contributed by atoms with Crippen LogP contribution >= 0.6 is 0 Å². The van der Waals surface area contributed by atoms with E-state index in [0.29, 0.717) is 17.7 Å². The monoisotopic (exact) mass is 331 g/mol. The van der Waals surface area contributed by atoms with Gasteiger partial charge in [0.05, 0.1) is 23.8 Å². The van der Waals surface area contributed by atoms with Crippen LogP contribution in [0.25, 0.3) is 5.57 Å². The lowest BCUT2D eigenvalue weighted by atomic mass is 9.83. The highest BCUT2D eigenvalue weighted by Crippen LogP contribution is 2.46. The molecule has 24 heavy (non-hydrogen) atoms. The van der Waals surface area contributed by atoms with Gasteiger partial charge in [0, 0.05) is 18.3 Å². The van der Waals surface area contributed by atoms with Crippen molar-refractivity contribution in [3.05, 3.63) is 35.8 Å². The molecule has 2 aliphatic rings. The third-order valence-corrected chi connectivity index (χ3v) is 4.68. The van der Waals surface area contributed by atoms with Crippen molar-refractivity contribution in [1.82, 2.24) is 14.7 Å². The molecular weight excluding hydrogens is 310 g/mol. The Hall–Kier alpha value is -2.41. The minimum atomic E-state index is -0.756. The van der Waals surface area contributed by atoms with E-state index in [4.69, 9.17) is 4.74 Å². The number of nitrogens with zero attached hydrogens (tertiary/aromatic N) is 3. The molecule has 0 bridgehead atoms. The van der Waals surface area contributed by atoms with Crippen LogP contribution in [0.3, 0.4) is 0 Å². The molecule has 0 unspecified atom stereocenters. The fraction of sp³-hybridized carbons (Fsp3) is 0.471. The van der Waals surface area contributed by atoms with Crippen LogP contribution in [0.4, 0.5) is 0 Å². The van der Waals surface area contributed by atoms with Gasteiger partial charge in [-0.1, -0.05) is 12.7 Å². The third kappa shape index (κ3) is 2.36. The molecule has 1 aromatic rings. The highest BCUT2D eigenvalue weighted by molar-refractivity contribution is 6.06. The third-order valence-electron chi connectivity index (χ3n) is 4.68. The van der Waals surface area contributed by atoms with Gasteiger partial charge in [-0.05, 0) is 26.3 Å². The lowest BCUT2D eigenvalue weighted by molar-refractivity contribution is -0.162. The summed E-state index contributed by atoms with van der Waals surface area (Å²) in [6.45, 7) is 7.11. The lowest BCUT2D eigenvalue weighted by Gasteiger charge is -2.44. The Morgan fingerprint density at radius 2 is 2.33 bits per heavy atom. The Morgan fingerprint density at radius 1 is 1.62 bits per heavy atom. The van der Waals surface area contributed by atoms with Gasteiger partial charge in [0.25, 0.3) is 0 Å². The van der Waals surface area contributed by atoms with Gasteiger partial charge in [0.1, 0.15) is 12.3 Å². The van der Waals surface area contributed by atoms with Crippen LogP contribution in [0.2, 0.25) is 0 Å². The van der Waals surface area contributed by atoms with Crippen molar-refractivity contribution < 1.29 is 19.4 Å². The molecule has 0 spiro atoms. The smallest absolute Gasteiger partial charge is 0.355 e. The van der Waals surface area contributed by atoms with E-state index in [-0.39, 0.29) is 24.3 Å². The molecule has 1 saturated heterocycles. The van der Waals surface area contributed by atoms with Crippen LogP contribution in [0.15, 0.2) is 24.4 Å². The minimum absolute atomic E-state index is 0.0728. The average Bonchev–Trinajstić information content (AvgIpc) is 3.02. The van der Waals surface area contributed by atoms with Crippen LogP contribution in [0, 0.1) is 12.8 Å². The molecule has 7 heteroatoms. The van der Waals surface area contributed by atoms with Crippen LogP contribution in [0.5, 0.6) is 0 Å². The fourth-order valence-electron chi connectivity index (χ4n) is 3.40. The predicted octanol–water partition coefficient (Wildman–Crippen LogP) is 0.780. The van der Waals surface area contributed by atoms with E-state index in [1.807, 2.05) is 20.0 Å². The number of carbonyl (C=O) groups excluding carboxylic acids is 2. The Morgan fingerprint density at radius 3 is 2.88 bits per heavy atom. The van der Waals surface area contributed by atoms with Crippen molar-refractivity contribution in [2.45, 2.75) is 32.4 Å². The number of fused-ring (bicyclic) bond motifs is 1. The first-order chi connectivity index (χ1) is 11.4. The molecule has 0 aromatic carbocycles. The average molecular weight is 331 g/mol. The SMILES string of the molecule is C=CCOC(=O)C1=C(c2cc(C)n(C)n2)C[C@@H]2[C@@H]([C@@H](C)O)C(=O)N12. The van der Waals surface area contributed by atoms with Gasteiger partial charge in [-0.25, -0.2) is 4.79 Å². The number of esters is 1. The molecule has 0 aliphatic carbocycles. The molecule has 3 heterocycles. The van der Waals surface area contributed by atoms with Crippen molar-refractivity contribution in [2.24, 2.45) is 13.0 Å². The van der Waals surface area contributed by atoms with Gasteiger partial charge in [-0.15, -0.1) is 0 Å². The zero-order chi connectivity index (χ0) is 17.6. The highest BCUT2D eigenvalue weighted by Gasteiger charge is 2.57. The second kappa shape index (κ2) is 5.90. The number of rotatable bonds is 5. The second-order valence-electron chi connectivity index (χ2n) is 6.25. The molecule has 128 valence electrons. The van der Waals surface area contributed by atoms with Crippen LogP contribution in [0.1, 0.15) is 24.7 Å². The second-order valence-corrected chi connectivity index (χ2v) is 6.25. The summed E-state index contributed by atoms with van der Waals surface area (Å²) in [5, 5.41) is 14.3. The van der Waals surface area contributed by atoms with Crippen molar-refractivity contribution in [3.63, 3.8) is 0 Å². The van der Waals surface area contributed by atoms with E-state index in [9.17, 15) is 14.7 Å².